The molecule has 3 nitrogen and oxygen atoms in total. The normalized spacial score (nSPS) is 25.4. The van der Waals surface area contributed by atoms with Crippen molar-refractivity contribution in [3.63, 3.8) is 0 Å². The molecule has 164 valence electrons. The number of aryl methyl sites for hydroxylation is 1. The second-order valence-corrected chi connectivity index (χ2v) is 11.0. The Hall–Kier alpha value is -1.78. The van der Waals surface area contributed by atoms with Gasteiger partial charge >= 0.3 is 0 Å². The van der Waals surface area contributed by atoms with Crippen LogP contribution in [0.25, 0.3) is 0 Å². The first-order valence-corrected chi connectivity index (χ1v) is 12.7. The molecule has 2 aliphatic rings. The van der Waals surface area contributed by atoms with Crippen LogP contribution in [0.3, 0.4) is 0 Å². The predicted octanol–water partition coefficient (Wildman–Crippen LogP) is 7.89. The van der Waals surface area contributed by atoms with E-state index >= 15 is 0 Å². The van der Waals surface area contributed by atoms with Gasteiger partial charge in [0, 0.05) is 0 Å². The Labute approximate surface area is 196 Å². The number of para-hydroxylation sites is 2. The van der Waals surface area contributed by atoms with Gasteiger partial charge in [0.1, 0.15) is 5.54 Å². The molecule has 2 aromatic carbocycles. The Kier molecular flexibility index (Phi) is 6.24. The summed E-state index contributed by atoms with van der Waals surface area (Å²) in [5.41, 5.74) is 3.26. The summed E-state index contributed by atoms with van der Waals surface area (Å²) in [6, 6.07) is 16.4. The number of aliphatic imine (C=N–C) groups is 2. The van der Waals surface area contributed by atoms with Crippen molar-refractivity contribution >= 4 is 45.7 Å². The molecule has 0 bridgehead atoms. The Morgan fingerprint density at radius 3 is 2.32 bits per heavy atom. The van der Waals surface area contributed by atoms with Crippen molar-refractivity contribution < 1.29 is 0 Å². The molecule has 0 unspecified atom stereocenters. The lowest BCUT2D eigenvalue weighted by molar-refractivity contribution is 0.158. The molecule has 5 heteroatoms. The zero-order valence-electron chi connectivity index (χ0n) is 19.2. The standard InChI is InChI=1S/C26H32ClN3S/c1-18-10-6-8-12-21(18)28-23-26(16-14-19(15-17-26)25(2,3)4)30(24(29-23)31-5)22-13-9-7-11-20(22)27/h6-13,19H,14-17H2,1-5H3. The van der Waals surface area contributed by atoms with Crippen molar-refractivity contribution in [1.82, 2.24) is 0 Å². The Morgan fingerprint density at radius 2 is 1.71 bits per heavy atom. The largest absolute Gasteiger partial charge is 0.306 e. The average molecular weight is 454 g/mol. The SMILES string of the molecule is CSC1=NC(=Nc2ccccc2C)C2(CCC(C(C)(C)C)CC2)N1c1ccccc1Cl. The van der Waals surface area contributed by atoms with Crippen LogP contribution in [0.5, 0.6) is 0 Å². The number of anilines is 1. The summed E-state index contributed by atoms with van der Waals surface area (Å²) in [6.45, 7) is 9.20. The van der Waals surface area contributed by atoms with E-state index in [-0.39, 0.29) is 5.54 Å². The first-order valence-electron chi connectivity index (χ1n) is 11.1. The van der Waals surface area contributed by atoms with Crippen molar-refractivity contribution in [2.75, 3.05) is 11.2 Å². The van der Waals surface area contributed by atoms with Crippen molar-refractivity contribution in [3.8, 4) is 0 Å². The monoisotopic (exact) mass is 453 g/mol. The maximum Gasteiger partial charge on any atom is 0.171 e. The van der Waals surface area contributed by atoms with Crippen LogP contribution in [0, 0.1) is 18.3 Å². The van der Waals surface area contributed by atoms with Gasteiger partial charge in [-0.2, -0.15) is 0 Å². The number of rotatable bonds is 2. The summed E-state index contributed by atoms with van der Waals surface area (Å²) in [6.07, 6.45) is 6.47. The number of benzene rings is 2. The summed E-state index contributed by atoms with van der Waals surface area (Å²) in [4.78, 5) is 12.6. The van der Waals surface area contributed by atoms with Crippen molar-refractivity contribution in [2.24, 2.45) is 21.3 Å². The number of thioether (sulfide) groups is 1. The van der Waals surface area contributed by atoms with E-state index in [9.17, 15) is 0 Å². The van der Waals surface area contributed by atoms with Crippen molar-refractivity contribution in [1.29, 1.82) is 0 Å². The molecule has 1 fully saturated rings. The zero-order valence-corrected chi connectivity index (χ0v) is 20.7. The fourth-order valence-corrected chi connectivity index (χ4v) is 5.83. The van der Waals surface area contributed by atoms with Crippen LogP contribution in [-0.4, -0.2) is 22.8 Å². The van der Waals surface area contributed by atoms with Gasteiger partial charge in [-0.15, -0.1) is 0 Å². The molecule has 0 N–H and O–H groups in total. The number of hydrogen-bond acceptors (Lipinski definition) is 3. The van der Waals surface area contributed by atoms with E-state index < -0.39 is 0 Å². The third-order valence-corrected chi connectivity index (χ3v) is 7.85. The fourth-order valence-electron chi connectivity index (χ4n) is 4.97. The molecule has 2 aromatic rings. The fraction of sp³-hybridized carbons (Fsp3) is 0.462. The molecule has 1 spiro atoms. The second kappa shape index (κ2) is 8.63. The molecule has 0 saturated heterocycles. The summed E-state index contributed by atoms with van der Waals surface area (Å²) in [5, 5.41) is 1.74. The van der Waals surface area contributed by atoms with Crippen molar-refractivity contribution in [3.05, 3.63) is 59.1 Å². The van der Waals surface area contributed by atoms with Crippen LogP contribution >= 0.6 is 23.4 Å². The Balaban J connectivity index is 1.84. The molecule has 4 rings (SSSR count). The quantitative estimate of drug-likeness (QED) is 0.462. The van der Waals surface area contributed by atoms with Crippen LogP contribution in [0.15, 0.2) is 58.5 Å². The minimum Gasteiger partial charge on any atom is -0.306 e. The van der Waals surface area contributed by atoms with E-state index in [4.69, 9.17) is 21.6 Å². The molecule has 0 amide bonds. The average Bonchev–Trinajstić information content (AvgIpc) is 3.02. The number of halogens is 1. The highest BCUT2D eigenvalue weighted by Gasteiger charge is 2.52. The maximum atomic E-state index is 6.72. The first-order chi connectivity index (χ1) is 14.8. The van der Waals surface area contributed by atoms with Gasteiger partial charge in [-0.25, -0.2) is 9.98 Å². The molecule has 1 saturated carbocycles. The molecular formula is C26H32ClN3S. The zero-order chi connectivity index (χ0) is 22.2. The van der Waals surface area contributed by atoms with E-state index in [2.05, 4.69) is 75.2 Å². The molecule has 0 aromatic heterocycles. The Morgan fingerprint density at radius 1 is 1.06 bits per heavy atom. The van der Waals surface area contributed by atoms with E-state index in [1.165, 1.54) is 5.56 Å². The molecule has 1 heterocycles. The molecule has 31 heavy (non-hydrogen) atoms. The number of amidine groups is 2. The number of hydrogen-bond donors (Lipinski definition) is 0. The van der Waals surface area contributed by atoms with Gasteiger partial charge in [0.05, 0.1) is 16.4 Å². The minimum atomic E-state index is -0.257. The van der Waals surface area contributed by atoms with Gasteiger partial charge in [-0.05, 0) is 74.0 Å². The smallest absolute Gasteiger partial charge is 0.171 e. The molecular weight excluding hydrogens is 422 g/mol. The van der Waals surface area contributed by atoms with Gasteiger partial charge in [0.25, 0.3) is 0 Å². The van der Waals surface area contributed by atoms with E-state index in [0.717, 1.165) is 53.1 Å². The molecule has 0 radical (unpaired) electrons. The minimum absolute atomic E-state index is 0.257. The highest BCUT2D eigenvalue weighted by Crippen LogP contribution is 2.50. The van der Waals surface area contributed by atoms with Crippen LogP contribution in [0.2, 0.25) is 5.02 Å². The van der Waals surface area contributed by atoms with E-state index in [1.54, 1.807) is 11.8 Å². The number of nitrogens with zero attached hydrogens (tertiary/aromatic N) is 3. The van der Waals surface area contributed by atoms with Gasteiger partial charge in [0.2, 0.25) is 0 Å². The lowest BCUT2D eigenvalue weighted by Crippen LogP contribution is -2.54. The van der Waals surface area contributed by atoms with Crippen LogP contribution in [-0.2, 0) is 0 Å². The molecule has 1 aliphatic heterocycles. The van der Waals surface area contributed by atoms with Gasteiger partial charge in [0.15, 0.2) is 11.0 Å². The maximum absolute atomic E-state index is 6.72. The third-order valence-electron chi connectivity index (χ3n) is 6.89. The summed E-state index contributed by atoms with van der Waals surface area (Å²) >= 11 is 8.39. The first kappa shape index (κ1) is 22.4. The summed E-state index contributed by atoms with van der Waals surface area (Å²) in [7, 11) is 0. The molecule has 1 aliphatic carbocycles. The predicted molar refractivity (Wildman–Crippen MR) is 137 cm³/mol. The highest BCUT2D eigenvalue weighted by molar-refractivity contribution is 8.13. The summed E-state index contributed by atoms with van der Waals surface area (Å²) in [5.74, 6) is 1.63. The van der Waals surface area contributed by atoms with E-state index in [0.29, 0.717) is 11.3 Å². The van der Waals surface area contributed by atoms with Crippen LogP contribution in [0.4, 0.5) is 11.4 Å². The summed E-state index contributed by atoms with van der Waals surface area (Å²) < 4.78 is 0. The molecule has 0 atom stereocenters. The highest BCUT2D eigenvalue weighted by atomic mass is 35.5. The topological polar surface area (TPSA) is 28.0 Å². The van der Waals surface area contributed by atoms with Crippen molar-refractivity contribution in [2.45, 2.75) is 58.9 Å². The third kappa shape index (κ3) is 4.17. The van der Waals surface area contributed by atoms with E-state index in [1.807, 2.05) is 12.1 Å². The Bertz CT molecular complexity index is 1010. The lowest BCUT2D eigenvalue weighted by Gasteiger charge is -2.47. The van der Waals surface area contributed by atoms with Crippen LogP contribution < -0.4 is 4.90 Å². The van der Waals surface area contributed by atoms with Gasteiger partial charge in [-0.1, -0.05) is 74.5 Å². The van der Waals surface area contributed by atoms with Gasteiger partial charge < -0.3 is 4.90 Å². The lowest BCUT2D eigenvalue weighted by atomic mass is 9.66. The second-order valence-electron chi connectivity index (χ2n) is 9.78. The van der Waals surface area contributed by atoms with Crippen LogP contribution in [0.1, 0.15) is 52.0 Å². The van der Waals surface area contributed by atoms with Gasteiger partial charge in [-0.3, -0.25) is 0 Å².